The first-order valence-electron chi connectivity index (χ1n) is 5.59. The van der Waals surface area contributed by atoms with Gasteiger partial charge in [-0.3, -0.25) is 4.79 Å². The molecule has 0 rings (SSSR count). The lowest BCUT2D eigenvalue weighted by Gasteiger charge is -2.23. The second-order valence-electron chi connectivity index (χ2n) is 3.65. The third kappa shape index (κ3) is 6.04. The highest BCUT2D eigenvalue weighted by Gasteiger charge is 2.22. The Kier molecular flexibility index (Phi) is 7.45. The highest BCUT2D eigenvalue weighted by Crippen LogP contribution is 1.99. The minimum absolute atomic E-state index is 0.0624. The van der Waals surface area contributed by atoms with Crippen LogP contribution in [0.1, 0.15) is 19.8 Å². The molecular weight excluding hydrogens is 242 g/mol. The molecule has 0 radical (unpaired) electrons. The second-order valence-corrected chi connectivity index (χ2v) is 3.65. The largest absolute Gasteiger partial charge is 0.480 e. The van der Waals surface area contributed by atoms with Gasteiger partial charge >= 0.3 is 12.0 Å². The molecule has 8 nitrogen and oxygen atoms in total. The lowest BCUT2D eigenvalue weighted by Crippen LogP contribution is -2.48. The van der Waals surface area contributed by atoms with Gasteiger partial charge in [-0.2, -0.15) is 0 Å². The van der Waals surface area contributed by atoms with Crippen molar-refractivity contribution in [3.8, 4) is 0 Å². The van der Waals surface area contributed by atoms with Crippen LogP contribution in [0.5, 0.6) is 0 Å². The number of amides is 3. The fraction of sp³-hybridized carbons (Fsp3) is 0.700. The monoisotopic (exact) mass is 261 g/mol. The molecule has 0 fully saturated rings. The number of aliphatic hydroxyl groups excluding tert-OH is 1. The molecule has 0 aromatic carbocycles. The molecule has 0 aromatic rings. The predicted molar refractivity (Wildman–Crippen MR) is 62.7 cm³/mol. The van der Waals surface area contributed by atoms with Gasteiger partial charge in [0, 0.05) is 19.5 Å². The molecule has 0 bridgehead atoms. The summed E-state index contributed by atoms with van der Waals surface area (Å²) in [5, 5.41) is 19.9. The Balaban J connectivity index is 4.42. The number of carboxylic acids is 1. The smallest absolute Gasteiger partial charge is 0.326 e. The number of hydrogen-bond acceptors (Lipinski definition) is 4. The van der Waals surface area contributed by atoms with Crippen molar-refractivity contribution in [2.45, 2.75) is 25.8 Å². The molecule has 3 amide bonds. The summed E-state index contributed by atoms with van der Waals surface area (Å²) in [5.74, 6) is -1.86. The first-order valence-corrected chi connectivity index (χ1v) is 5.59. The van der Waals surface area contributed by atoms with E-state index < -0.39 is 23.9 Å². The van der Waals surface area contributed by atoms with E-state index in [1.54, 1.807) is 6.92 Å². The lowest BCUT2D eigenvalue weighted by atomic mass is 10.1. The van der Waals surface area contributed by atoms with Crippen molar-refractivity contribution >= 4 is 17.9 Å². The van der Waals surface area contributed by atoms with Crippen molar-refractivity contribution in [2.75, 3.05) is 19.7 Å². The van der Waals surface area contributed by atoms with E-state index in [-0.39, 0.29) is 26.0 Å². The third-order valence-corrected chi connectivity index (χ3v) is 2.31. The summed E-state index contributed by atoms with van der Waals surface area (Å²) in [6.45, 7) is 1.95. The molecule has 8 heteroatoms. The number of carboxylic acid groups (broad SMARTS) is 1. The van der Waals surface area contributed by atoms with Crippen LogP contribution < -0.4 is 11.1 Å². The number of nitrogens with two attached hydrogens (primary N) is 1. The molecule has 104 valence electrons. The summed E-state index contributed by atoms with van der Waals surface area (Å²) in [7, 11) is 0. The molecule has 0 saturated heterocycles. The molecule has 0 heterocycles. The van der Waals surface area contributed by atoms with E-state index in [2.05, 4.69) is 5.32 Å². The third-order valence-electron chi connectivity index (χ3n) is 2.31. The van der Waals surface area contributed by atoms with Gasteiger partial charge in [-0.25, -0.2) is 9.59 Å². The zero-order valence-electron chi connectivity index (χ0n) is 10.3. The average molecular weight is 261 g/mol. The van der Waals surface area contributed by atoms with Crippen molar-refractivity contribution in [1.82, 2.24) is 10.2 Å². The number of nitrogens with zero attached hydrogens (tertiary/aromatic N) is 1. The van der Waals surface area contributed by atoms with Crippen LogP contribution >= 0.6 is 0 Å². The van der Waals surface area contributed by atoms with E-state index in [0.29, 0.717) is 6.54 Å². The fourth-order valence-electron chi connectivity index (χ4n) is 1.31. The Labute approximate surface area is 105 Å². The molecule has 0 spiro atoms. The molecular formula is C10H19N3O5. The fourth-order valence-corrected chi connectivity index (χ4v) is 1.31. The van der Waals surface area contributed by atoms with E-state index in [9.17, 15) is 14.4 Å². The highest BCUT2D eigenvalue weighted by atomic mass is 16.4. The zero-order valence-corrected chi connectivity index (χ0v) is 10.3. The standard InChI is InChI=1S/C10H19N3O5/c1-2-13(5-6-14)10(18)12-7(9(16)17)3-4-8(11)15/h7,14H,2-6H2,1H3,(H2,11,15)(H,12,18)(H,16,17). The molecule has 1 atom stereocenters. The van der Waals surface area contributed by atoms with Crippen molar-refractivity contribution in [3.05, 3.63) is 0 Å². The summed E-state index contributed by atoms with van der Waals surface area (Å²) in [6.07, 6.45) is -0.184. The number of urea groups is 1. The number of aliphatic hydroxyl groups is 1. The zero-order chi connectivity index (χ0) is 14.1. The van der Waals surface area contributed by atoms with Crippen molar-refractivity contribution < 1.29 is 24.6 Å². The van der Waals surface area contributed by atoms with Crippen LogP contribution in [-0.2, 0) is 9.59 Å². The summed E-state index contributed by atoms with van der Waals surface area (Å²) in [4.78, 5) is 34.4. The molecule has 1 unspecified atom stereocenters. The minimum Gasteiger partial charge on any atom is -0.480 e. The van der Waals surface area contributed by atoms with E-state index in [1.807, 2.05) is 0 Å². The summed E-state index contributed by atoms with van der Waals surface area (Å²) in [6, 6.07) is -1.76. The van der Waals surface area contributed by atoms with Crippen LogP contribution in [0.25, 0.3) is 0 Å². The molecule has 0 aliphatic rings. The Hall–Kier alpha value is -1.83. The predicted octanol–water partition coefficient (Wildman–Crippen LogP) is -1.27. The molecule has 0 aliphatic heterocycles. The SMILES string of the molecule is CCN(CCO)C(=O)NC(CCC(N)=O)C(=O)O. The number of carbonyl (C=O) groups excluding carboxylic acids is 2. The topological polar surface area (TPSA) is 133 Å². The first kappa shape index (κ1) is 16.2. The van der Waals surface area contributed by atoms with E-state index in [1.165, 1.54) is 4.90 Å². The van der Waals surface area contributed by atoms with E-state index >= 15 is 0 Å². The summed E-state index contributed by atoms with van der Waals surface area (Å²) < 4.78 is 0. The quantitative estimate of drug-likeness (QED) is 0.432. The number of carbonyl (C=O) groups is 3. The average Bonchev–Trinajstić information content (AvgIpc) is 2.30. The van der Waals surface area contributed by atoms with Crippen LogP contribution in [0.4, 0.5) is 4.79 Å². The maximum Gasteiger partial charge on any atom is 0.326 e. The van der Waals surface area contributed by atoms with Gasteiger partial charge in [0.1, 0.15) is 6.04 Å². The number of aliphatic carboxylic acids is 1. The number of nitrogens with one attached hydrogen (secondary N) is 1. The number of rotatable bonds is 8. The molecule has 0 aromatic heterocycles. The van der Waals surface area contributed by atoms with Gasteiger partial charge < -0.3 is 26.2 Å². The Bertz CT molecular complexity index is 308. The number of likely N-dealkylation sites (N-methyl/N-ethyl adjacent to an activating group) is 1. The van der Waals surface area contributed by atoms with Crippen LogP contribution in [0, 0.1) is 0 Å². The minimum atomic E-state index is -1.23. The summed E-state index contributed by atoms with van der Waals surface area (Å²) >= 11 is 0. The van der Waals surface area contributed by atoms with E-state index in [0.717, 1.165) is 0 Å². The van der Waals surface area contributed by atoms with Crippen molar-refractivity contribution in [1.29, 1.82) is 0 Å². The van der Waals surface area contributed by atoms with Gasteiger partial charge in [0.2, 0.25) is 5.91 Å². The first-order chi connectivity index (χ1) is 8.42. The lowest BCUT2D eigenvalue weighted by molar-refractivity contribution is -0.139. The Morgan fingerprint density at radius 1 is 1.39 bits per heavy atom. The summed E-state index contributed by atoms with van der Waals surface area (Å²) in [5.41, 5.74) is 4.92. The normalized spacial score (nSPS) is 11.7. The van der Waals surface area contributed by atoms with E-state index in [4.69, 9.17) is 15.9 Å². The number of primary amides is 1. The van der Waals surface area contributed by atoms with Gasteiger partial charge in [-0.15, -0.1) is 0 Å². The van der Waals surface area contributed by atoms with Gasteiger partial charge in [-0.05, 0) is 13.3 Å². The van der Waals surface area contributed by atoms with Crippen LogP contribution in [0.15, 0.2) is 0 Å². The van der Waals surface area contributed by atoms with Crippen molar-refractivity contribution in [2.24, 2.45) is 5.73 Å². The molecule has 0 saturated carbocycles. The molecule has 5 N–H and O–H groups in total. The highest BCUT2D eigenvalue weighted by molar-refractivity contribution is 5.83. The van der Waals surface area contributed by atoms with Gasteiger partial charge in [0.05, 0.1) is 6.61 Å². The van der Waals surface area contributed by atoms with Gasteiger partial charge in [0.25, 0.3) is 0 Å². The van der Waals surface area contributed by atoms with Crippen LogP contribution in [-0.4, -0.2) is 58.8 Å². The van der Waals surface area contributed by atoms with Gasteiger partial charge in [-0.1, -0.05) is 0 Å². The van der Waals surface area contributed by atoms with Crippen LogP contribution in [0.3, 0.4) is 0 Å². The van der Waals surface area contributed by atoms with Crippen LogP contribution in [0.2, 0.25) is 0 Å². The Morgan fingerprint density at radius 3 is 2.39 bits per heavy atom. The Morgan fingerprint density at radius 2 is 2.00 bits per heavy atom. The van der Waals surface area contributed by atoms with Crippen molar-refractivity contribution in [3.63, 3.8) is 0 Å². The number of hydrogen-bond donors (Lipinski definition) is 4. The maximum absolute atomic E-state index is 11.6. The molecule has 18 heavy (non-hydrogen) atoms. The van der Waals surface area contributed by atoms with Gasteiger partial charge in [0.15, 0.2) is 0 Å². The maximum atomic E-state index is 11.6. The molecule has 0 aliphatic carbocycles. The second kappa shape index (κ2) is 8.29.